The van der Waals surface area contributed by atoms with Crippen molar-refractivity contribution in [2.24, 2.45) is 0 Å². The molecule has 0 saturated carbocycles. The number of methoxy groups -OCH3 is 1. The number of ether oxygens (including phenoxy) is 1. The number of fused-ring (bicyclic) bond motifs is 1. The van der Waals surface area contributed by atoms with Gasteiger partial charge in [-0.15, -0.1) is 0 Å². The van der Waals surface area contributed by atoms with E-state index in [2.05, 4.69) is 4.85 Å². The lowest BCUT2D eigenvalue weighted by Crippen LogP contribution is -1.92. The van der Waals surface area contributed by atoms with E-state index in [-0.39, 0.29) is 0 Å². The number of hydrogen-bond acceptors (Lipinski definition) is 1. The zero-order valence-corrected chi connectivity index (χ0v) is 11.6. The predicted octanol–water partition coefficient (Wildman–Crippen LogP) is 4.84. The first-order valence-electron chi connectivity index (χ1n) is 6.05. The van der Waals surface area contributed by atoms with Crippen molar-refractivity contribution in [3.63, 3.8) is 0 Å². The van der Waals surface area contributed by atoms with Gasteiger partial charge in [0.05, 0.1) is 24.2 Å². The molecule has 0 aliphatic carbocycles. The van der Waals surface area contributed by atoms with E-state index in [1.165, 1.54) is 0 Å². The van der Waals surface area contributed by atoms with Crippen molar-refractivity contribution in [2.45, 2.75) is 0 Å². The minimum Gasteiger partial charge on any atom is -0.495 e. The van der Waals surface area contributed by atoms with Gasteiger partial charge in [-0.2, -0.15) is 0 Å². The molecule has 0 bridgehead atoms. The fraction of sp³-hybridized carbons (Fsp3) is 0.0625. The molecule has 0 unspecified atom stereocenters. The fourth-order valence-corrected chi connectivity index (χ4v) is 2.48. The summed E-state index contributed by atoms with van der Waals surface area (Å²) in [5.74, 6) is 0.655. The van der Waals surface area contributed by atoms with Crippen LogP contribution in [0.25, 0.3) is 21.4 Å². The van der Waals surface area contributed by atoms with Gasteiger partial charge in [0.2, 0.25) is 0 Å². The normalized spacial score (nSPS) is 10.4. The van der Waals surface area contributed by atoms with Gasteiger partial charge in [-0.25, -0.2) is 4.85 Å². The van der Waals surface area contributed by atoms with Crippen molar-refractivity contribution < 1.29 is 4.74 Å². The van der Waals surface area contributed by atoms with E-state index in [1.807, 2.05) is 53.2 Å². The van der Waals surface area contributed by atoms with Crippen LogP contribution in [0.3, 0.4) is 0 Å². The summed E-state index contributed by atoms with van der Waals surface area (Å²) in [7, 11) is 1.60. The molecule has 3 aromatic rings. The van der Waals surface area contributed by atoms with Crippen LogP contribution in [0.2, 0.25) is 5.02 Å². The van der Waals surface area contributed by atoms with E-state index in [0.29, 0.717) is 16.5 Å². The molecule has 0 spiro atoms. The average molecular weight is 283 g/mol. The first-order valence-corrected chi connectivity index (χ1v) is 6.43. The number of nitrogens with zero attached hydrogens (tertiary/aromatic N) is 2. The average Bonchev–Trinajstić information content (AvgIpc) is 2.90. The topological polar surface area (TPSA) is 18.5 Å². The third kappa shape index (κ3) is 2.01. The Bertz CT molecular complexity index is 830. The molecule has 0 aliphatic heterocycles. The van der Waals surface area contributed by atoms with Gasteiger partial charge < -0.3 is 9.30 Å². The highest BCUT2D eigenvalue weighted by Crippen LogP contribution is 2.29. The van der Waals surface area contributed by atoms with Crippen molar-refractivity contribution >= 4 is 28.2 Å². The van der Waals surface area contributed by atoms with E-state index in [9.17, 15) is 0 Å². The summed E-state index contributed by atoms with van der Waals surface area (Å²) in [4.78, 5) is 3.44. The predicted molar refractivity (Wildman–Crippen MR) is 81.1 cm³/mol. The second-order valence-corrected chi connectivity index (χ2v) is 4.77. The third-order valence-corrected chi connectivity index (χ3v) is 3.51. The SMILES string of the molecule is [C-]#[N+]c1ccc2c(ccn2-c2ccc(OC)c(Cl)c2)c1. The van der Waals surface area contributed by atoms with Gasteiger partial charge in [-0.1, -0.05) is 17.7 Å². The lowest BCUT2D eigenvalue weighted by atomic mass is 10.2. The zero-order chi connectivity index (χ0) is 14.1. The molecule has 0 atom stereocenters. The summed E-state index contributed by atoms with van der Waals surface area (Å²) in [6, 6.07) is 13.3. The maximum atomic E-state index is 7.05. The smallest absolute Gasteiger partial charge is 0.187 e. The minimum atomic E-state index is 0.574. The Hall–Kier alpha value is -2.44. The lowest BCUT2D eigenvalue weighted by Gasteiger charge is -2.08. The summed E-state index contributed by atoms with van der Waals surface area (Å²) >= 11 is 6.17. The Morgan fingerprint density at radius 3 is 2.70 bits per heavy atom. The summed E-state index contributed by atoms with van der Waals surface area (Å²) in [6.45, 7) is 7.05. The van der Waals surface area contributed by atoms with Crippen molar-refractivity contribution in [1.82, 2.24) is 4.57 Å². The van der Waals surface area contributed by atoms with Crippen molar-refractivity contribution in [2.75, 3.05) is 7.11 Å². The minimum absolute atomic E-state index is 0.574. The summed E-state index contributed by atoms with van der Waals surface area (Å²) in [5.41, 5.74) is 2.64. The lowest BCUT2D eigenvalue weighted by molar-refractivity contribution is 0.415. The molecule has 0 amide bonds. The van der Waals surface area contributed by atoms with E-state index in [4.69, 9.17) is 22.9 Å². The molecule has 98 valence electrons. The molecular formula is C16H11ClN2O. The molecule has 0 saturated heterocycles. The van der Waals surface area contributed by atoms with Crippen LogP contribution >= 0.6 is 11.6 Å². The van der Waals surface area contributed by atoms with Crippen molar-refractivity contribution in [3.8, 4) is 11.4 Å². The summed E-state index contributed by atoms with van der Waals surface area (Å²) in [6.07, 6.45) is 1.97. The Morgan fingerprint density at radius 2 is 2.00 bits per heavy atom. The van der Waals surface area contributed by atoms with E-state index in [1.54, 1.807) is 7.11 Å². The van der Waals surface area contributed by atoms with Crippen LogP contribution in [0.5, 0.6) is 5.75 Å². The first-order chi connectivity index (χ1) is 9.72. The Kier molecular flexibility index (Phi) is 3.09. The molecular weight excluding hydrogens is 272 g/mol. The van der Waals surface area contributed by atoms with Crippen LogP contribution in [-0.2, 0) is 0 Å². The molecule has 3 nitrogen and oxygen atoms in total. The van der Waals surface area contributed by atoms with Crippen LogP contribution in [0.4, 0.5) is 5.69 Å². The number of aromatic nitrogens is 1. The largest absolute Gasteiger partial charge is 0.495 e. The third-order valence-electron chi connectivity index (χ3n) is 3.22. The van der Waals surface area contributed by atoms with Gasteiger partial charge in [-0.3, -0.25) is 0 Å². The van der Waals surface area contributed by atoms with Crippen LogP contribution in [0.15, 0.2) is 48.7 Å². The summed E-state index contributed by atoms with van der Waals surface area (Å²) < 4.78 is 7.20. The molecule has 0 fully saturated rings. The Morgan fingerprint density at radius 1 is 1.15 bits per heavy atom. The van der Waals surface area contributed by atoms with E-state index < -0.39 is 0 Å². The first kappa shape index (κ1) is 12.6. The van der Waals surface area contributed by atoms with Crippen molar-refractivity contribution in [1.29, 1.82) is 0 Å². The quantitative estimate of drug-likeness (QED) is 0.615. The Balaban J connectivity index is 2.15. The maximum absolute atomic E-state index is 7.05. The highest BCUT2D eigenvalue weighted by Gasteiger charge is 2.07. The molecule has 4 heteroatoms. The molecule has 1 aromatic heterocycles. The van der Waals surface area contributed by atoms with Gasteiger partial charge in [0.1, 0.15) is 5.75 Å². The van der Waals surface area contributed by atoms with E-state index >= 15 is 0 Å². The van der Waals surface area contributed by atoms with Crippen molar-refractivity contribution in [3.05, 3.63) is 65.1 Å². The molecule has 0 aliphatic rings. The molecule has 0 radical (unpaired) electrons. The summed E-state index contributed by atoms with van der Waals surface area (Å²) in [5, 5.41) is 1.61. The van der Waals surface area contributed by atoms with Crippen LogP contribution in [-0.4, -0.2) is 11.7 Å². The second-order valence-electron chi connectivity index (χ2n) is 4.36. The number of hydrogen-bond donors (Lipinski definition) is 0. The van der Waals surface area contributed by atoms with Gasteiger partial charge in [0.25, 0.3) is 0 Å². The van der Waals surface area contributed by atoms with Gasteiger partial charge in [0.15, 0.2) is 5.69 Å². The van der Waals surface area contributed by atoms with Gasteiger partial charge in [-0.05, 0) is 41.8 Å². The number of halogens is 1. The number of benzene rings is 2. The molecule has 1 heterocycles. The number of rotatable bonds is 2. The molecule has 0 N–H and O–H groups in total. The van der Waals surface area contributed by atoms with E-state index in [0.717, 1.165) is 16.6 Å². The monoisotopic (exact) mass is 282 g/mol. The fourth-order valence-electron chi connectivity index (χ4n) is 2.23. The molecule has 2 aromatic carbocycles. The molecule has 3 rings (SSSR count). The van der Waals surface area contributed by atoms with Crippen LogP contribution in [0, 0.1) is 6.57 Å². The Labute approximate surface area is 121 Å². The molecule has 20 heavy (non-hydrogen) atoms. The van der Waals surface area contributed by atoms with Gasteiger partial charge >= 0.3 is 0 Å². The standard InChI is InChI=1S/C16H11ClN2O/c1-18-12-3-5-15-11(9-12)7-8-19(15)13-4-6-16(20-2)14(17)10-13/h3-10H,2H3. The highest BCUT2D eigenvalue weighted by molar-refractivity contribution is 6.32. The highest BCUT2D eigenvalue weighted by atomic mass is 35.5. The maximum Gasteiger partial charge on any atom is 0.187 e. The van der Waals surface area contributed by atoms with Gasteiger partial charge in [0, 0.05) is 11.9 Å². The van der Waals surface area contributed by atoms with Crippen LogP contribution < -0.4 is 4.74 Å². The second kappa shape index (κ2) is 4.92. The zero-order valence-electron chi connectivity index (χ0n) is 10.8. The van der Waals surface area contributed by atoms with Crippen LogP contribution in [0.1, 0.15) is 0 Å².